The number of nitrogens with zero attached hydrogens (tertiary/aromatic N) is 2. The van der Waals surface area contributed by atoms with Gasteiger partial charge in [0.25, 0.3) is 5.69 Å². The van der Waals surface area contributed by atoms with E-state index in [-0.39, 0.29) is 25.4 Å². The van der Waals surface area contributed by atoms with E-state index in [4.69, 9.17) is 4.74 Å². The summed E-state index contributed by atoms with van der Waals surface area (Å²) < 4.78 is 6.14. The molecule has 1 unspecified atom stereocenters. The number of β-amino-alcohol motifs (C(OH)–C–C–N with tert-alkyl or cyclic N) is 1. The van der Waals surface area contributed by atoms with E-state index in [0.29, 0.717) is 12.1 Å². The molecule has 0 saturated carbocycles. The van der Waals surface area contributed by atoms with Crippen molar-refractivity contribution in [2.45, 2.75) is 31.4 Å². The van der Waals surface area contributed by atoms with Crippen LogP contribution in [-0.2, 0) is 10.2 Å². The molecule has 2 N–H and O–H groups in total. The van der Waals surface area contributed by atoms with Crippen LogP contribution in [0.1, 0.15) is 25.8 Å². The van der Waals surface area contributed by atoms with Gasteiger partial charge in [0, 0.05) is 25.3 Å². The van der Waals surface area contributed by atoms with Crippen LogP contribution in [0.3, 0.4) is 0 Å². The molecular weight excluding hydrogens is 324 g/mol. The van der Waals surface area contributed by atoms with Gasteiger partial charge in [-0.1, -0.05) is 6.08 Å². The van der Waals surface area contributed by atoms with E-state index in [9.17, 15) is 20.3 Å². The van der Waals surface area contributed by atoms with Crippen LogP contribution in [0.4, 0.5) is 11.4 Å². The molecule has 0 amide bonds. The average Bonchev–Trinajstić information content (AvgIpc) is 2.76. The van der Waals surface area contributed by atoms with Gasteiger partial charge in [0.15, 0.2) is 0 Å². The number of allylic oxidation sites excluding steroid dienone is 2. The van der Waals surface area contributed by atoms with E-state index in [2.05, 4.69) is 0 Å². The Kier molecular flexibility index (Phi) is 4.30. The monoisotopic (exact) mass is 346 g/mol. The minimum absolute atomic E-state index is 0.00595. The summed E-state index contributed by atoms with van der Waals surface area (Å²) in [6.07, 6.45) is 5.68. The Morgan fingerprint density at radius 3 is 2.68 bits per heavy atom. The second-order valence-corrected chi connectivity index (χ2v) is 6.71. The number of aliphatic hydroxyl groups excluding tert-OH is 2. The third kappa shape index (κ3) is 2.34. The minimum atomic E-state index is -0.940. The van der Waals surface area contributed by atoms with Crippen molar-refractivity contribution in [3.63, 3.8) is 0 Å². The van der Waals surface area contributed by atoms with Crippen LogP contribution < -0.4 is 4.90 Å². The van der Waals surface area contributed by atoms with Crippen LogP contribution in [-0.4, -0.2) is 40.6 Å². The Morgan fingerprint density at radius 2 is 2.04 bits per heavy atom. The fourth-order valence-electron chi connectivity index (χ4n) is 4.09. The third-order valence-electron chi connectivity index (χ3n) is 5.14. The molecule has 0 fully saturated rings. The van der Waals surface area contributed by atoms with Crippen LogP contribution in [0.15, 0.2) is 42.2 Å². The first-order chi connectivity index (χ1) is 11.9. The Labute approximate surface area is 146 Å². The van der Waals surface area contributed by atoms with Crippen LogP contribution in [0.2, 0.25) is 0 Å². The molecule has 0 radical (unpaired) electrons. The molecule has 3 rings (SSSR count). The molecule has 7 nitrogen and oxygen atoms in total. The van der Waals surface area contributed by atoms with E-state index in [1.54, 1.807) is 18.4 Å². The number of aliphatic hydroxyl groups is 2. The van der Waals surface area contributed by atoms with Gasteiger partial charge in [-0.3, -0.25) is 10.1 Å². The summed E-state index contributed by atoms with van der Waals surface area (Å²) in [5.74, 6) is 0. The zero-order valence-corrected chi connectivity index (χ0v) is 14.3. The summed E-state index contributed by atoms with van der Waals surface area (Å²) in [5.41, 5.74) is 0.963. The molecule has 1 spiro atoms. The fourth-order valence-corrected chi connectivity index (χ4v) is 4.09. The molecule has 0 saturated heterocycles. The molecule has 2 aliphatic heterocycles. The molecule has 1 aromatic rings. The fraction of sp³-hybridized carbons (Fsp3) is 0.444. The van der Waals surface area contributed by atoms with Gasteiger partial charge >= 0.3 is 0 Å². The molecule has 0 bridgehead atoms. The Morgan fingerprint density at radius 1 is 1.28 bits per heavy atom. The van der Waals surface area contributed by atoms with Crippen molar-refractivity contribution < 1.29 is 19.9 Å². The number of anilines is 1. The van der Waals surface area contributed by atoms with Crippen molar-refractivity contribution in [2.24, 2.45) is 0 Å². The van der Waals surface area contributed by atoms with Crippen molar-refractivity contribution in [3.8, 4) is 0 Å². The van der Waals surface area contributed by atoms with Gasteiger partial charge in [-0.2, -0.15) is 0 Å². The van der Waals surface area contributed by atoms with Crippen LogP contribution in [0.5, 0.6) is 0 Å². The number of hydrogen-bond donors (Lipinski definition) is 2. The molecule has 2 heterocycles. The molecule has 2 aliphatic rings. The van der Waals surface area contributed by atoms with E-state index in [1.807, 2.05) is 24.8 Å². The normalized spacial score (nSPS) is 23.4. The lowest BCUT2D eigenvalue weighted by atomic mass is 9.72. The minimum Gasteiger partial charge on any atom is -0.471 e. The smallest absolute Gasteiger partial charge is 0.271 e. The summed E-state index contributed by atoms with van der Waals surface area (Å²) in [6.45, 7) is 4.12. The molecule has 0 aromatic heterocycles. The third-order valence-corrected chi connectivity index (χ3v) is 5.14. The summed E-state index contributed by atoms with van der Waals surface area (Å²) >= 11 is 0. The van der Waals surface area contributed by atoms with Gasteiger partial charge in [-0.05, 0) is 43.5 Å². The summed E-state index contributed by atoms with van der Waals surface area (Å²) in [5, 5.41) is 30.3. The highest BCUT2D eigenvalue weighted by atomic mass is 16.6. The van der Waals surface area contributed by atoms with Crippen molar-refractivity contribution in [2.75, 3.05) is 24.7 Å². The second-order valence-electron chi connectivity index (χ2n) is 6.71. The number of non-ortho nitro benzene ring substituents is 1. The quantitative estimate of drug-likeness (QED) is 0.627. The van der Waals surface area contributed by atoms with Crippen LogP contribution >= 0.6 is 0 Å². The van der Waals surface area contributed by atoms with Crippen molar-refractivity contribution in [1.29, 1.82) is 0 Å². The zero-order valence-electron chi connectivity index (χ0n) is 14.3. The maximum atomic E-state index is 11.2. The first-order valence-corrected chi connectivity index (χ1v) is 8.22. The van der Waals surface area contributed by atoms with E-state index in [1.165, 1.54) is 12.1 Å². The summed E-state index contributed by atoms with van der Waals surface area (Å²) in [7, 11) is 0. The maximum Gasteiger partial charge on any atom is 0.271 e. The molecule has 1 atom stereocenters. The highest BCUT2D eigenvalue weighted by Crippen LogP contribution is 2.57. The van der Waals surface area contributed by atoms with E-state index in [0.717, 1.165) is 11.1 Å². The predicted octanol–water partition coefficient (Wildman–Crippen LogP) is 2.23. The molecule has 134 valence electrons. The molecule has 25 heavy (non-hydrogen) atoms. The second kappa shape index (κ2) is 6.16. The Balaban J connectivity index is 2.23. The van der Waals surface area contributed by atoms with Gasteiger partial charge in [-0.25, -0.2) is 0 Å². The summed E-state index contributed by atoms with van der Waals surface area (Å²) in [6, 6.07) is 4.77. The lowest BCUT2D eigenvalue weighted by Gasteiger charge is -2.49. The van der Waals surface area contributed by atoms with Crippen LogP contribution in [0.25, 0.3) is 0 Å². The van der Waals surface area contributed by atoms with E-state index < -0.39 is 16.1 Å². The predicted molar refractivity (Wildman–Crippen MR) is 93.3 cm³/mol. The number of nitro groups is 1. The molecule has 0 aliphatic carbocycles. The number of ether oxygens (including phenoxy) is 1. The number of fused-ring (bicyclic) bond motifs is 1. The molecule has 7 heteroatoms. The molecular formula is C18H22N2O5. The first-order valence-electron chi connectivity index (χ1n) is 8.22. The highest BCUT2D eigenvalue weighted by Gasteiger charge is 2.61. The van der Waals surface area contributed by atoms with Crippen LogP contribution in [0, 0.1) is 10.1 Å². The average molecular weight is 346 g/mol. The van der Waals surface area contributed by atoms with Gasteiger partial charge in [-0.15, -0.1) is 0 Å². The number of rotatable bonds is 5. The van der Waals surface area contributed by atoms with Gasteiger partial charge in [0.2, 0.25) is 5.72 Å². The SMILES string of the molecule is CC1(C)c2ccc([N+](=O)[O-])cc2N(CCO)C12OC=CC=C2CCO. The number of benzene rings is 1. The first kappa shape index (κ1) is 17.4. The van der Waals surface area contributed by atoms with Gasteiger partial charge in [0.1, 0.15) is 0 Å². The largest absolute Gasteiger partial charge is 0.471 e. The topological polar surface area (TPSA) is 96.1 Å². The van der Waals surface area contributed by atoms with Crippen molar-refractivity contribution >= 4 is 11.4 Å². The lowest BCUT2D eigenvalue weighted by molar-refractivity contribution is -0.384. The Hall–Kier alpha value is -2.38. The number of hydrogen-bond acceptors (Lipinski definition) is 6. The van der Waals surface area contributed by atoms with Crippen molar-refractivity contribution in [3.05, 3.63) is 57.9 Å². The lowest BCUT2D eigenvalue weighted by Crippen LogP contribution is -2.59. The zero-order chi connectivity index (χ0) is 18.2. The molecule has 1 aromatic carbocycles. The van der Waals surface area contributed by atoms with Gasteiger partial charge in [0.05, 0.1) is 28.9 Å². The standard InChI is InChI=1S/C18H22N2O5/c1-17(2)15-6-5-14(20(23)24)12-16(15)19(8-10-22)18(17)13(7-9-21)4-3-11-25-18/h3-6,11-12,21-22H,7-10H2,1-2H3. The highest BCUT2D eigenvalue weighted by molar-refractivity contribution is 5.71. The van der Waals surface area contributed by atoms with E-state index >= 15 is 0 Å². The van der Waals surface area contributed by atoms with Gasteiger partial charge < -0.3 is 19.8 Å². The maximum absolute atomic E-state index is 11.2. The Bertz CT molecular complexity index is 756. The van der Waals surface area contributed by atoms with Crippen molar-refractivity contribution in [1.82, 2.24) is 0 Å². The number of nitro benzene ring substituents is 1. The summed E-state index contributed by atoms with van der Waals surface area (Å²) in [4.78, 5) is 12.7.